The van der Waals surface area contributed by atoms with Gasteiger partial charge in [-0.15, -0.1) is 0 Å². The number of nitrogens with zero attached hydrogens (tertiary/aromatic N) is 2. The van der Waals surface area contributed by atoms with Crippen molar-refractivity contribution in [3.8, 4) is 5.75 Å². The summed E-state index contributed by atoms with van der Waals surface area (Å²) in [7, 11) is 1.77. The number of fused-ring (bicyclic) bond motifs is 2. The second-order valence-corrected chi connectivity index (χ2v) is 6.88. The molecule has 0 saturated carbocycles. The Kier molecular flexibility index (Phi) is 4.54. The van der Waals surface area contributed by atoms with E-state index in [1.807, 2.05) is 6.07 Å². The fraction of sp³-hybridized carbons (Fsp3) is 0.429. The highest BCUT2D eigenvalue weighted by Gasteiger charge is 2.39. The molecule has 126 valence electrons. The minimum absolute atomic E-state index is 0.531. The van der Waals surface area contributed by atoms with Crippen LogP contribution in [0.5, 0.6) is 5.75 Å². The highest BCUT2D eigenvalue weighted by molar-refractivity contribution is 5.33. The second-order valence-electron chi connectivity index (χ2n) is 6.88. The minimum Gasteiger partial charge on any atom is -0.496 e. The van der Waals surface area contributed by atoms with Crippen molar-refractivity contribution in [3.63, 3.8) is 0 Å². The van der Waals surface area contributed by atoms with Crippen LogP contribution >= 0.6 is 0 Å². The molecule has 3 atom stereocenters. The maximum absolute atomic E-state index is 5.57. The number of methoxy groups -OCH3 is 1. The van der Waals surface area contributed by atoms with Crippen LogP contribution in [0.1, 0.15) is 30.0 Å². The standard InChI is InChI=1S/C21H26N2O/c1-24-20-12-6-5-10-18(20)16-23-15-14-22-13-7-11-19(23)21(22)17-8-3-2-4-9-17/h2-6,8-10,12,19,21H,7,11,13-16H2,1H3. The summed E-state index contributed by atoms with van der Waals surface area (Å²) in [5.74, 6) is 1.01. The molecule has 2 aliphatic rings. The molecule has 2 saturated heterocycles. The Morgan fingerprint density at radius 1 is 0.958 bits per heavy atom. The van der Waals surface area contributed by atoms with Crippen LogP contribution in [0, 0.1) is 0 Å². The molecule has 4 rings (SSSR count). The first-order valence-electron chi connectivity index (χ1n) is 9.02. The average Bonchev–Trinajstić information content (AvgIpc) is 2.65. The molecule has 0 aliphatic carbocycles. The van der Waals surface area contributed by atoms with E-state index in [9.17, 15) is 0 Å². The SMILES string of the molecule is COc1ccccc1CN1CCN2CCCC1C2c1ccccc1. The normalized spacial score (nSPS) is 27.0. The van der Waals surface area contributed by atoms with E-state index in [-0.39, 0.29) is 0 Å². The Morgan fingerprint density at radius 2 is 1.75 bits per heavy atom. The van der Waals surface area contributed by atoms with E-state index in [0.717, 1.165) is 25.4 Å². The van der Waals surface area contributed by atoms with Crippen LogP contribution in [-0.2, 0) is 6.54 Å². The van der Waals surface area contributed by atoms with Gasteiger partial charge in [-0.05, 0) is 31.0 Å². The van der Waals surface area contributed by atoms with Gasteiger partial charge in [-0.2, -0.15) is 0 Å². The summed E-state index contributed by atoms with van der Waals surface area (Å²) >= 11 is 0. The van der Waals surface area contributed by atoms with Crippen LogP contribution in [0.3, 0.4) is 0 Å². The molecular weight excluding hydrogens is 296 g/mol. The fourth-order valence-electron chi connectivity index (χ4n) is 4.43. The van der Waals surface area contributed by atoms with Crippen molar-refractivity contribution in [1.82, 2.24) is 9.80 Å². The number of hydrogen-bond acceptors (Lipinski definition) is 3. The zero-order valence-electron chi connectivity index (χ0n) is 14.4. The van der Waals surface area contributed by atoms with Gasteiger partial charge in [0, 0.05) is 31.2 Å². The summed E-state index contributed by atoms with van der Waals surface area (Å²) in [6, 6.07) is 20.6. The Bertz CT molecular complexity index is 673. The molecule has 3 heteroatoms. The molecule has 2 aromatic carbocycles. The van der Waals surface area contributed by atoms with Crippen LogP contribution in [0.4, 0.5) is 0 Å². The van der Waals surface area contributed by atoms with E-state index in [1.54, 1.807) is 7.11 Å². The number of benzene rings is 2. The highest BCUT2D eigenvalue weighted by atomic mass is 16.5. The average molecular weight is 322 g/mol. The molecule has 3 nitrogen and oxygen atoms in total. The van der Waals surface area contributed by atoms with Gasteiger partial charge in [-0.3, -0.25) is 9.80 Å². The number of piperazine rings is 1. The van der Waals surface area contributed by atoms with Gasteiger partial charge >= 0.3 is 0 Å². The van der Waals surface area contributed by atoms with Crippen LogP contribution in [0.2, 0.25) is 0 Å². The number of para-hydroxylation sites is 1. The number of piperidine rings is 1. The van der Waals surface area contributed by atoms with Gasteiger partial charge in [0.25, 0.3) is 0 Å². The van der Waals surface area contributed by atoms with Crippen LogP contribution in [0.15, 0.2) is 54.6 Å². The first-order valence-corrected chi connectivity index (χ1v) is 9.02. The van der Waals surface area contributed by atoms with Crippen molar-refractivity contribution in [3.05, 3.63) is 65.7 Å². The predicted octanol–water partition coefficient (Wildman–Crippen LogP) is 3.72. The van der Waals surface area contributed by atoms with E-state index in [1.165, 1.54) is 30.5 Å². The van der Waals surface area contributed by atoms with Crippen molar-refractivity contribution in [2.24, 2.45) is 0 Å². The lowest BCUT2D eigenvalue weighted by Gasteiger charge is -2.51. The van der Waals surface area contributed by atoms with Crippen molar-refractivity contribution >= 4 is 0 Å². The Labute approximate surface area is 144 Å². The summed E-state index contributed by atoms with van der Waals surface area (Å²) in [4.78, 5) is 5.35. The lowest BCUT2D eigenvalue weighted by molar-refractivity contribution is -0.0198. The smallest absolute Gasteiger partial charge is 0.123 e. The number of rotatable bonds is 4. The van der Waals surface area contributed by atoms with Crippen LogP contribution in [0.25, 0.3) is 0 Å². The van der Waals surface area contributed by atoms with E-state index < -0.39 is 0 Å². The summed E-state index contributed by atoms with van der Waals surface area (Å²) in [6.45, 7) is 4.52. The van der Waals surface area contributed by atoms with Gasteiger partial charge in [0.1, 0.15) is 5.75 Å². The van der Waals surface area contributed by atoms with Gasteiger partial charge in [0.2, 0.25) is 0 Å². The lowest BCUT2D eigenvalue weighted by Crippen LogP contribution is -2.57. The van der Waals surface area contributed by atoms with Gasteiger partial charge in [0.15, 0.2) is 0 Å². The minimum atomic E-state index is 0.531. The molecule has 2 aromatic rings. The third-order valence-electron chi connectivity index (χ3n) is 5.55. The molecule has 3 unspecified atom stereocenters. The van der Waals surface area contributed by atoms with Crippen LogP contribution in [-0.4, -0.2) is 42.6 Å². The number of hydrogen-bond donors (Lipinski definition) is 0. The molecule has 0 amide bonds. The van der Waals surface area contributed by atoms with Crippen molar-refractivity contribution < 1.29 is 4.74 Å². The predicted molar refractivity (Wildman–Crippen MR) is 97.2 cm³/mol. The van der Waals surface area contributed by atoms with E-state index in [4.69, 9.17) is 4.74 Å². The van der Waals surface area contributed by atoms with E-state index in [2.05, 4.69) is 58.3 Å². The van der Waals surface area contributed by atoms with E-state index in [0.29, 0.717) is 12.1 Å². The third-order valence-corrected chi connectivity index (χ3v) is 5.55. The molecule has 0 N–H and O–H groups in total. The van der Waals surface area contributed by atoms with Crippen molar-refractivity contribution in [2.45, 2.75) is 31.5 Å². The third kappa shape index (κ3) is 2.94. The maximum atomic E-state index is 5.57. The van der Waals surface area contributed by atoms with Gasteiger partial charge in [-0.25, -0.2) is 0 Å². The monoisotopic (exact) mass is 322 g/mol. The Hall–Kier alpha value is -1.84. The summed E-state index contributed by atoms with van der Waals surface area (Å²) in [5.41, 5.74) is 2.76. The zero-order chi connectivity index (χ0) is 16.4. The number of ether oxygens (including phenoxy) is 1. The summed E-state index contributed by atoms with van der Waals surface area (Å²) in [5, 5.41) is 0. The summed E-state index contributed by atoms with van der Waals surface area (Å²) < 4.78 is 5.57. The summed E-state index contributed by atoms with van der Waals surface area (Å²) in [6.07, 6.45) is 2.58. The zero-order valence-corrected chi connectivity index (χ0v) is 14.4. The van der Waals surface area contributed by atoms with Crippen LogP contribution < -0.4 is 4.74 Å². The Morgan fingerprint density at radius 3 is 2.58 bits per heavy atom. The largest absolute Gasteiger partial charge is 0.496 e. The molecule has 0 radical (unpaired) electrons. The molecule has 2 bridgehead atoms. The molecule has 24 heavy (non-hydrogen) atoms. The first kappa shape index (κ1) is 15.7. The first-order chi connectivity index (χ1) is 11.9. The molecule has 0 aromatic heterocycles. The molecule has 2 fully saturated rings. The van der Waals surface area contributed by atoms with Crippen molar-refractivity contribution in [1.29, 1.82) is 0 Å². The quantitative estimate of drug-likeness (QED) is 0.853. The molecule has 2 aliphatic heterocycles. The topological polar surface area (TPSA) is 15.7 Å². The lowest BCUT2D eigenvalue weighted by atomic mass is 9.86. The van der Waals surface area contributed by atoms with Crippen molar-refractivity contribution in [2.75, 3.05) is 26.7 Å². The fourth-order valence-corrected chi connectivity index (χ4v) is 4.43. The second kappa shape index (κ2) is 6.96. The van der Waals surface area contributed by atoms with Gasteiger partial charge < -0.3 is 4.74 Å². The maximum Gasteiger partial charge on any atom is 0.123 e. The molecular formula is C21H26N2O. The Balaban J connectivity index is 1.60. The molecule has 2 heterocycles. The van der Waals surface area contributed by atoms with Gasteiger partial charge in [-0.1, -0.05) is 48.5 Å². The molecule has 0 spiro atoms. The highest BCUT2D eigenvalue weighted by Crippen LogP contribution is 2.38. The van der Waals surface area contributed by atoms with E-state index >= 15 is 0 Å². The van der Waals surface area contributed by atoms with Gasteiger partial charge in [0.05, 0.1) is 13.2 Å².